The molecule has 1 atom stereocenters. The molecule has 1 aliphatic rings. The van der Waals surface area contributed by atoms with E-state index in [2.05, 4.69) is 39.5 Å². The predicted octanol–water partition coefficient (Wildman–Crippen LogP) is 0.803. The molecule has 0 aliphatic carbocycles. The highest BCUT2D eigenvalue weighted by atomic mass is 79.9. The molecule has 4 heteroatoms. The molecular formula is C24H21BrN2O. The predicted molar refractivity (Wildman–Crippen MR) is 107 cm³/mol. The fourth-order valence-electron chi connectivity index (χ4n) is 4.27. The molecule has 1 aliphatic heterocycles. The van der Waals surface area contributed by atoms with Crippen molar-refractivity contribution in [2.75, 3.05) is 0 Å². The number of aromatic nitrogens is 2. The number of benzene rings is 3. The second kappa shape index (κ2) is 7.04. The minimum atomic E-state index is -1.20. The molecule has 0 spiro atoms. The van der Waals surface area contributed by atoms with Gasteiger partial charge in [0.05, 0.1) is 7.05 Å². The number of aryl methyl sites for hydroxylation is 1. The van der Waals surface area contributed by atoms with Crippen molar-refractivity contribution < 1.29 is 26.7 Å². The number of hydrogen-bond donors (Lipinski definition) is 1. The number of para-hydroxylation sites is 2. The van der Waals surface area contributed by atoms with Crippen molar-refractivity contribution in [2.45, 2.75) is 12.1 Å². The third kappa shape index (κ3) is 2.72. The van der Waals surface area contributed by atoms with Gasteiger partial charge in [-0.3, -0.25) is 0 Å². The summed E-state index contributed by atoms with van der Waals surface area (Å²) in [6, 6.07) is 28.6. The van der Waals surface area contributed by atoms with Gasteiger partial charge < -0.3 is 22.1 Å². The van der Waals surface area contributed by atoms with Gasteiger partial charge in [-0.25, -0.2) is 9.13 Å². The van der Waals surface area contributed by atoms with E-state index in [1.807, 2.05) is 67.7 Å². The van der Waals surface area contributed by atoms with Crippen LogP contribution in [0, 0.1) is 0 Å². The second-order valence-corrected chi connectivity index (χ2v) is 7.13. The molecule has 3 nitrogen and oxygen atoms in total. The van der Waals surface area contributed by atoms with E-state index in [4.69, 9.17) is 0 Å². The highest BCUT2D eigenvalue weighted by molar-refractivity contribution is 5.77. The minimum absolute atomic E-state index is 0. The summed E-state index contributed by atoms with van der Waals surface area (Å²) in [6.07, 6.45) is 2.02. The minimum Gasteiger partial charge on any atom is -1.00 e. The van der Waals surface area contributed by atoms with Crippen LogP contribution < -0.4 is 21.5 Å². The first kappa shape index (κ1) is 18.7. The van der Waals surface area contributed by atoms with Crippen molar-refractivity contribution in [3.63, 3.8) is 0 Å². The van der Waals surface area contributed by atoms with Gasteiger partial charge in [0, 0.05) is 5.57 Å². The van der Waals surface area contributed by atoms with Crippen molar-refractivity contribution in [1.29, 1.82) is 0 Å². The van der Waals surface area contributed by atoms with E-state index >= 15 is 0 Å². The van der Waals surface area contributed by atoms with Gasteiger partial charge >= 0.3 is 0 Å². The lowest BCUT2D eigenvalue weighted by molar-refractivity contribution is -0.660. The van der Waals surface area contributed by atoms with Crippen molar-refractivity contribution in [2.24, 2.45) is 7.05 Å². The molecule has 0 amide bonds. The number of allylic oxidation sites excluding steroid dienone is 1. The number of nitrogens with zero attached hydrogens (tertiary/aromatic N) is 2. The fourth-order valence-corrected chi connectivity index (χ4v) is 4.27. The Labute approximate surface area is 175 Å². The van der Waals surface area contributed by atoms with Gasteiger partial charge in [-0.15, -0.1) is 0 Å². The van der Waals surface area contributed by atoms with Gasteiger partial charge in [-0.2, -0.15) is 0 Å². The number of rotatable bonds is 2. The zero-order valence-corrected chi connectivity index (χ0v) is 17.2. The van der Waals surface area contributed by atoms with Crippen LogP contribution >= 0.6 is 0 Å². The Morgan fingerprint density at radius 2 is 1.46 bits per heavy atom. The summed E-state index contributed by atoms with van der Waals surface area (Å²) in [5, 5.41) is 12.0. The van der Waals surface area contributed by atoms with Crippen LogP contribution in [0.4, 0.5) is 0 Å². The molecule has 0 radical (unpaired) electrons. The van der Waals surface area contributed by atoms with Crippen molar-refractivity contribution >= 4 is 16.6 Å². The fraction of sp³-hybridized carbons (Fsp3) is 0.125. The summed E-state index contributed by atoms with van der Waals surface area (Å²) in [5.74, 6) is 0.884. The summed E-state index contributed by atoms with van der Waals surface area (Å²) in [4.78, 5) is 0. The third-order valence-electron chi connectivity index (χ3n) is 5.52. The quantitative estimate of drug-likeness (QED) is 0.466. The van der Waals surface area contributed by atoms with Gasteiger partial charge in [-0.1, -0.05) is 72.8 Å². The van der Waals surface area contributed by atoms with Crippen LogP contribution in [0.1, 0.15) is 17.0 Å². The van der Waals surface area contributed by atoms with Gasteiger partial charge in [0.25, 0.3) is 5.82 Å². The van der Waals surface area contributed by atoms with Crippen LogP contribution in [0.25, 0.3) is 16.6 Å². The van der Waals surface area contributed by atoms with Gasteiger partial charge in [0.15, 0.2) is 11.0 Å². The smallest absolute Gasteiger partial charge is 0.298 e. The highest BCUT2D eigenvalue weighted by Crippen LogP contribution is 2.39. The van der Waals surface area contributed by atoms with Crippen molar-refractivity contribution in [3.8, 4) is 0 Å². The van der Waals surface area contributed by atoms with Crippen LogP contribution in [0.15, 0.2) is 91.0 Å². The molecular weight excluding hydrogens is 412 g/mol. The maximum absolute atomic E-state index is 12.0. The Kier molecular flexibility index (Phi) is 4.69. The van der Waals surface area contributed by atoms with Gasteiger partial charge in [-0.05, 0) is 29.3 Å². The van der Waals surface area contributed by atoms with Crippen LogP contribution in [0.5, 0.6) is 0 Å². The van der Waals surface area contributed by atoms with Crippen LogP contribution in [0.3, 0.4) is 0 Å². The topological polar surface area (TPSA) is 29.0 Å². The Morgan fingerprint density at radius 1 is 0.857 bits per heavy atom. The number of imidazole rings is 1. The maximum Gasteiger partial charge on any atom is 0.298 e. The SMILES string of the molecule is C[n+]1c2n(c3ccccc31)CC(c1ccccc1)=CC2(O)c1ccccc1.[Br-]. The Balaban J connectivity index is 0.00000192. The molecule has 1 unspecified atom stereocenters. The number of aliphatic hydroxyl groups is 1. The van der Waals surface area contributed by atoms with Crippen molar-refractivity contribution in [1.82, 2.24) is 4.57 Å². The maximum atomic E-state index is 12.0. The first-order chi connectivity index (χ1) is 13.2. The van der Waals surface area contributed by atoms with Crippen molar-refractivity contribution in [3.05, 3.63) is 108 Å². The molecule has 140 valence electrons. The lowest BCUT2D eigenvalue weighted by Crippen LogP contribution is -3.00. The largest absolute Gasteiger partial charge is 1.00 e. The van der Waals surface area contributed by atoms with Crippen LogP contribution in [-0.2, 0) is 19.2 Å². The molecule has 0 fully saturated rings. The monoisotopic (exact) mass is 432 g/mol. The zero-order chi connectivity index (χ0) is 18.4. The summed E-state index contributed by atoms with van der Waals surface area (Å²) in [6.45, 7) is 0.732. The first-order valence-corrected chi connectivity index (χ1v) is 9.21. The molecule has 4 aromatic rings. The van der Waals surface area contributed by atoms with E-state index in [0.29, 0.717) is 0 Å². The van der Waals surface area contributed by atoms with Gasteiger partial charge in [0.1, 0.15) is 6.54 Å². The number of hydrogen-bond acceptors (Lipinski definition) is 1. The van der Waals surface area contributed by atoms with E-state index in [-0.39, 0.29) is 17.0 Å². The van der Waals surface area contributed by atoms with E-state index in [9.17, 15) is 5.11 Å². The Morgan fingerprint density at radius 3 is 2.18 bits per heavy atom. The lowest BCUT2D eigenvalue weighted by Gasteiger charge is -2.28. The second-order valence-electron chi connectivity index (χ2n) is 7.13. The Hall–Kier alpha value is -2.69. The normalized spacial score (nSPS) is 18.3. The molecule has 2 heterocycles. The molecule has 0 saturated carbocycles. The standard InChI is InChI=1S/C24H21N2O.BrH/c1-25-21-14-8-9-15-22(21)26-17-19(18-10-4-2-5-11-18)16-24(27,23(25)26)20-12-6-3-7-13-20;/h2-16,27H,17H2,1H3;1H/q+1;/p-1. The lowest BCUT2D eigenvalue weighted by atomic mass is 9.86. The van der Waals surface area contributed by atoms with E-state index in [1.165, 1.54) is 0 Å². The highest BCUT2D eigenvalue weighted by Gasteiger charge is 2.45. The Bertz CT molecular complexity index is 1170. The summed E-state index contributed by atoms with van der Waals surface area (Å²) in [5.41, 5.74) is 4.18. The van der Waals surface area contributed by atoms with Crippen LogP contribution in [-0.4, -0.2) is 9.67 Å². The van der Waals surface area contributed by atoms with Gasteiger partial charge in [0.2, 0.25) is 5.60 Å². The summed E-state index contributed by atoms with van der Waals surface area (Å²) in [7, 11) is 2.03. The summed E-state index contributed by atoms with van der Waals surface area (Å²) >= 11 is 0. The van der Waals surface area contributed by atoms with E-state index in [0.717, 1.165) is 40.1 Å². The number of fused-ring (bicyclic) bond motifs is 3. The third-order valence-corrected chi connectivity index (χ3v) is 5.52. The zero-order valence-electron chi connectivity index (χ0n) is 15.6. The molecule has 1 aromatic heterocycles. The van der Waals surface area contributed by atoms with E-state index in [1.54, 1.807) is 0 Å². The first-order valence-electron chi connectivity index (χ1n) is 9.21. The number of halogens is 1. The summed E-state index contributed by atoms with van der Waals surface area (Å²) < 4.78 is 4.35. The molecule has 0 saturated heterocycles. The molecule has 28 heavy (non-hydrogen) atoms. The van der Waals surface area contributed by atoms with E-state index < -0.39 is 5.60 Å². The molecule has 1 N–H and O–H groups in total. The molecule has 0 bridgehead atoms. The molecule has 3 aromatic carbocycles. The molecule has 5 rings (SSSR count). The van der Waals surface area contributed by atoms with Crippen LogP contribution in [0.2, 0.25) is 0 Å². The average molecular weight is 433 g/mol. The average Bonchev–Trinajstić information content (AvgIpc) is 3.03.